The molecule has 0 radical (unpaired) electrons. The summed E-state index contributed by atoms with van der Waals surface area (Å²) in [7, 11) is 0. The molecular weight excluding hydrogens is 759 g/mol. The van der Waals surface area contributed by atoms with Crippen molar-refractivity contribution in [3.63, 3.8) is 0 Å². The van der Waals surface area contributed by atoms with Crippen molar-refractivity contribution in [2.24, 2.45) is 0 Å². The van der Waals surface area contributed by atoms with Gasteiger partial charge in [-0.3, -0.25) is 0 Å². The van der Waals surface area contributed by atoms with E-state index in [4.69, 9.17) is 15.0 Å². The van der Waals surface area contributed by atoms with E-state index in [0.29, 0.717) is 17.5 Å². The lowest BCUT2D eigenvalue weighted by Crippen LogP contribution is -2.01. The van der Waals surface area contributed by atoms with Crippen LogP contribution in [0.1, 0.15) is 0 Å². The molecule has 0 bridgehead atoms. The van der Waals surface area contributed by atoms with Crippen LogP contribution in [0.25, 0.3) is 120 Å². The summed E-state index contributed by atoms with van der Waals surface area (Å²) in [5.41, 5.74) is 9.64. The molecule has 4 heteroatoms. The Balaban J connectivity index is 1.01. The molecule has 0 aliphatic rings. The Bertz CT molecular complexity index is 3650. The zero-order valence-corrected chi connectivity index (χ0v) is 33.8. The van der Waals surface area contributed by atoms with E-state index >= 15 is 0 Å². The van der Waals surface area contributed by atoms with E-state index in [1.807, 2.05) is 17.4 Å². The van der Waals surface area contributed by atoms with Gasteiger partial charge in [-0.05, 0) is 96.0 Å². The van der Waals surface area contributed by atoms with Crippen molar-refractivity contribution in [2.75, 3.05) is 0 Å². The molecule has 0 aliphatic carbocycles. The van der Waals surface area contributed by atoms with Crippen molar-refractivity contribution in [3.8, 4) is 67.5 Å². The summed E-state index contributed by atoms with van der Waals surface area (Å²) in [5, 5.41) is 10.0. The van der Waals surface area contributed by atoms with Crippen LogP contribution >= 0.6 is 11.3 Å². The molecule has 61 heavy (non-hydrogen) atoms. The predicted octanol–water partition coefficient (Wildman–Crippen LogP) is 15.7. The molecule has 0 saturated carbocycles. The maximum Gasteiger partial charge on any atom is 0.164 e. The molecule has 12 rings (SSSR count). The van der Waals surface area contributed by atoms with E-state index in [1.165, 1.54) is 58.1 Å². The Morgan fingerprint density at radius 2 is 0.852 bits per heavy atom. The van der Waals surface area contributed by atoms with Gasteiger partial charge in [0.15, 0.2) is 17.5 Å². The van der Waals surface area contributed by atoms with Crippen molar-refractivity contribution in [3.05, 3.63) is 212 Å². The van der Waals surface area contributed by atoms with E-state index in [0.717, 1.165) is 44.5 Å². The van der Waals surface area contributed by atoms with E-state index in [9.17, 15) is 0 Å². The highest BCUT2D eigenvalue weighted by molar-refractivity contribution is 7.25. The van der Waals surface area contributed by atoms with Crippen LogP contribution in [0.3, 0.4) is 0 Å². The zero-order chi connectivity index (χ0) is 40.3. The fraction of sp³-hybridized carbons (Fsp3) is 0. The van der Waals surface area contributed by atoms with Gasteiger partial charge < -0.3 is 0 Å². The van der Waals surface area contributed by atoms with Crippen LogP contribution in [-0.4, -0.2) is 15.0 Å². The largest absolute Gasteiger partial charge is 0.208 e. The second-order valence-electron chi connectivity index (χ2n) is 15.5. The highest BCUT2D eigenvalue weighted by atomic mass is 32.1. The number of aromatic nitrogens is 3. The third kappa shape index (κ3) is 6.16. The van der Waals surface area contributed by atoms with Crippen LogP contribution in [0.2, 0.25) is 0 Å². The summed E-state index contributed by atoms with van der Waals surface area (Å²) in [5.74, 6) is 1.88. The third-order valence-corrected chi connectivity index (χ3v) is 13.1. The summed E-state index contributed by atoms with van der Waals surface area (Å²) >= 11 is 1.84. The Morgan fingerprint density at radius 1 is 0.262 bits per heavy atom. The first-order chi connectivity index (χ1) is 30.2. The molecule has 0 aliphatic heterocycles. The molecule has 0 N–H and O–H groups in total. The minimum atomic E-state index is 0.625. The Kier molecular flexibility index (Phi) is 8.36. The molecule has 0 atom stereocenters. The summed E-state index contributed by atoms with van der Waals surface area (Å²) in [6.07, 6.45) is 0. The van der Waals surface area contributed by atoms with Gasteiger partial charge in [-0.1, -0.05) is 182 Å². The first-order valence-electron chi connectivity index (χ1n) is 20.6. The normalized spacial score (nSPS) is 11.6. The number of benzene rings is 10. The second kappa shape index (κ2) is 14.5. The first-order valence-corrected chi connectivity index (χ1v) is 21.4. The fourth-order valence-corrected chi connectivity index (χ4v) is 10.0. The number of hydrogen-bond acceptors (Lipinski definition) is 4. The van der Waals surface area contributed by atoms with E-state index in [2.05, 4.69) is 206 Å². The van der Waals surface area contributed by atoms with Gasteiger partial charge in [0.05, 0.1) is 0 Å². The second-order valence-corrected chi connectivity index (χ2v) is 16.6. The predicted molar refractivity (Wildman–Crippen MR) is 258 cm³/mol. The van der Waals surface area contributed by atoms with Crippen LogP contribution in [0.5, 0.6) is 0 Å². The highest BCUT2D eigenvalue weighted by Gasteiger charge is 2.18. The number of hydrogen-bond donors (Lipinski definition) is 0. The standard InChI is InChI=1S/C57H35N3S/c1-2-13-36(14-3-1)44-19-8-9-23-49(44)57-59-55(58-56(60-57)43-18-12-17-40(33-43)41-30-32-53-51(34-41)47-22-10-11-24-52(47)61-53)39-27-25-38(26-28-39)54-46-21-7-5-16-42(46)35-50-45-20-6-4-15-37(45)29-31-48(50)54/h1-35H. The molecule has 284 valence electrons. The van der Waals surface area contributed by atoms with E-state index < -0.39 is 0 Å². The van der Waals surface area contributed by atoms with Gasteiger partial charge in [-0.15, -0.1) is 11.3 Å². The lowest BCUT2D eigenvalue weighted by Gasteiger charge is -2.15. The number of rotatable bonds is 6. The molecule has 0 amide bonds. The van der Waals surface area contributed by atoms with Crippen molar-refractivity contribution in [2.45, 2.75) is 0 Å². The Labute approximate surface area is 356 Å². The van der Waals surface area contributed by atoms with Gasteiger partial charge in [-0.2, -0.15) is 0 Å². The first kappa shape index (κ1) is 35.2. The zero-order valence-electron chi connectivity index (χ0n) is 33.0. The van der Waals surface area contributed by atoms with Crippen molar-refractivity contribution >= 4 is 63.8 Å². The molecule has 10 aromatic carbocycles. The maximum absolute atomic E-state index is 5.24. The maximum atomic E-state index is 5.24. The molecule has 0 unspecified atom stereocenters. The van der Waals surface area contributed by atoms with Gasteiger partial charge >= 0.3 is 0 Å². The number of thiophene rings is 1. The van der Waals surface area contributed by atoms with Crippen LogP contribution in [-0.2, 0) is 0 Å². The van der Waals surface area contributed by atoms with Crippen LogP contribution in [0.4, 0.5) is 0 Å². The topological polar surface area (TPSA) is 38.7 Å². The van der Waals surface area contributed by atoms with Gasteiger partial charge in [-0.25, -0.2) is 15.0 Å². The monoisotopic (exact) mass is 793 g/mol. The van der Waals surface area contributed by atoms with Gasteiger partial charge in [0.1, 0.15) is 0 Å². The average molecular weight is 794 g/mol. The van der Waals surface area contributed by atoms with Crippen LogP contribution in [0, 0.1) is 0 Å². The lowest BCUT2D eigenvalue weighted by atomic mass is 9.89. The molecule has 0 saturated heterocycles. The SMILES string of the molecule is c1ccc(-c2ccccc2-c2nc(-c3ccc(-c4c5ccccc5cc5c4ccc4ccccc45)cc3)nc(-c3cccc(-c4ccc5sc6ccccc6c5c4)c3)n2)cc1. The van der Waals surface area contributed by atoms with Crippen LogP contribution in [0.15, 0.2) is 212 Å². The van der Waals surface area contributed by atoms with Gasteiger partial charge in [0.25, 0.3) is 0 Å². The quantitative estimate of drug-likeness (QED) is 0.124. The Morgan fingerprint density at radius 3 is 1.70 bits per heavy atom. The van der Waals surface area contributed by atoms with Gasteiger partial charge in [0.2, 0.25) is 0 Å². The molecule has 12 aromatic rings. The smallest absolute Gasteiger partial charge is 0.164 e. The summed E-state index contributed by atoms with van der Waals surface area (Å²) in [6.45, 7) is 0. The fourth-order valence-electron chi connectivity index (χ4n) is 8.96. The van der Waals surface area contributed by atoms with Gasteiger partial charge in [0, 0.05) is 36.9 Å². The number of nitrogens with zero attached hydrogens (tertiary/aromatic N) is 3. The van der Waals surface area contributed by atoms with E-state index in [-0.39, 0.29) is 0 Å². The number of fused-ring (bicyclic) bond motifs is 7. The summed E-state index contributed by atoms with van der Waals surface area (Å²) in [6, 6.07) is 75.8. The minimum Gasteiger partial charge on any atom is -0.208 e. The van der Waals surface area contributed by atoms with Crippen molar-refractivity contribution < 1.29 is 0 Å². The van der Waals surface area contributed by atoms with Crippen molar-refractivity contribution in [1.82, 2.24) is 15.0 Å². The van der Waals surface area contributed by atoms with Crippen molar-refractivity contribution in [1.29, 1.82) is 0 Å². The van der Waals surface area contributed by atoms with E-state index in [1.54, 1.807) is 0 Å². The Hall–Kier alpha value is -7.79. The summed E-state index contributed by atoms with van der Waals surface area (Å²) < 4.78 is 2.59. The third-order valence-electron chi connectivity index (χ3n) is 11.9. The molecule has 0 fully saturated rings. The molecular formula is C57H35N3S. The molecule has 2 aromatic heterocycles. The average Bonchev–Trinajstić information content (AvgIpc) is 3.71. The highest BCUT2D eigenvalue weighted by Crippen LogP contribution is 2.41. The van der Waals surface area contributed by atoms with Crippen LogP contribution < -0.4 is 0 Å². The molecule has 3 nitrogen and oxygen atoms in total. The lowest BCUT2D eigenvalue weighted by molar-refractivity contribution is 1.07. The minimum absolute atomic E-state index is 0.625. The molecule has 0 spiro atoms. The molecule has 2 heterocycles. The summed E-state index contributed by atoms with van der Waals surface area (Å²) in [4.78, 5) is 15.7.